The number of urea groups is 1. The van der Waals surface area contributed by atoms with E-state index in [-0.39, 0.29) is 36.7 Å². The Morgan fingerprint density at radius 3 is 2.50 bits per heavy atom. The summed E-state index contributed by atoms with van der Waals surface area (Å²) in [4.78, 5) is 24.0. The molecule has 1 fully saturated rings. The first-order valence-corrected chi connectivity index (χ1v) is 9.18. The van der Waals surface area contributed by atoms with Crippen molar-refractivity contribution in [3.05, 3.63) is 36.4 Å². The maximum Gasteiger partial charge on any atom is 0.315 e. The molecule has 3 rings (SSSR count). The molecule has 6 nitrogen and oxygen atoms in total. The normalized spacial score (nSPS) is 14.8. The van der Waals surface area contributed by atoms with Crippen LogP contribution in [0.25, 0.3) is 10.8 Å². The molecule has 2 aromatic carbocycles. The lowest BCUT2D eigenvalue weighted by atomic mass is 9.96. The van der Waals surface area contributed by atoms with Crippen LogP contribution in [0, 0.1) is 0 Å². The fourth-order valence-electron chi connectivity index (χ4n) is 3.38. The minimum Gasteiger partial charge on any atom is -0.507 e. The minimum absolute atomic E-state index is 0.180. The third-order valence-corrected chi connectivity index (χ3v) is 4.75. The van der Waals surface area contributed by atoms with Gasteiger partial charge >= 0.3 is 6.03 Å². The molecule has 1 aliphatic carbocycles. The molecule has 0 heterocycles. The van der Waals surface area contributed by atoms with Crippen LogP contribution >= 0.6 is 0 Å². The molecule has 0 aromatic heterocycles. The Hall–Kier alpha value is -2.76. The Bertz CT molecular complexity index is 785. The number of amides is 3. The summed E-state index contributed by atoms with van der Waals surface area (Å²) in [6, 6.07) is 10.6. The molecule has 0 radical (unpaired) electrons. The van der Waals surface area contributed by atoms with E-state index in [1.807, 2.05) is 18.2 Å². The minimum atomic E-state index is -0.209. The van der Waals surface area contributed by atoms with Gasteiger partial charge in [-0.15, -0.1) is 0 Å². The van der Waals surface area contributed by atoms with Crippen LogP contribution < -0.4 is 16.0 Å². The molecule has 2 aromatic rings. The number of aromatic hydroxyl groups is 1. The molecular formula is C20H25N3O3. The van der Waals surface area contributed by atoms with Crippen molar-refractivity contribution in [3.63, 3.8) is 0 Å². The van der Waals surface area contributed by atoms with Gasteiger partial charge in [-0.3, -0.25) is 4.79 Å². The van der Waals surface area contributed by atoms with Gasteiger partial charge in [-0.2, -0.15) is 0 Å². The zero-order valence-corrected chi connectivity index (χ0v) is 14.8. The molecule has 6 heteroatoms. The number of phenols is 1. The number of hydrogen-bond donors (Lipinski definition) is 4. The van der Waals surface area contributed by atoms with Crippen molar-refractivity contribution < 1.29 is 14.7 Å². The highest BCUT2D eigenvalue weighted by Crippen LogP contribution is 2.30. The summed E-state index contributed by atoms with van der Waals surface area (Å²) < 4.78 is 0. The number of rotatable bonds is 5. The van der Waals surface area contributed by atoms with Crippen molar-refractivity contribution in [2.75, 3.05) is 11.9 Å². The number of nitrogens with one attached hydrogen (secondary N) is 3. The van der Waals surface area contributed by atoms with E-state index < -0.39 is 0 Å². The lowest BCUT2D eigenvalue weighted by Gasteiger charge is -2.22. The first kappa shape index (κ1) is 18.0. The third kappa shape index (κ3) is 4.65. The van der Waals surface area contributed by atoms with E-state index in [1.165, 1.54) is 6.42 Å². The molecule has 1 aliphatic rings. The summed E-state index contributed by atoms with van der Waals surface area (Å²) in [5.74, 6) is -0.00143. The van der Waals surface area contributed by atoms with Crippen molar-refractivity contribution in [3.8, 4) is 5.75 Å². The molecular weight excluding hydrogens is 330 g/mol. The molecule has 138 valence electrons. The molecule has 0 bridgehead atoms. The number of benzene rings is 2. The molecule has 0 atom stereocenters. The van der Waals surface area contributed by atoms with Gasteiger partial charge in [0.05, 0.1) is 0 Å². The maximum absolute atomic E-state index is 12.2. The SMILES string of the molecule is O=C(CCNC(=O)NC1CCCCC1)Nc1ccc(O)c2ccccc12. The second-order valence-electron chi connectivity index (χ2n) is 6.71. The smallest absolute Gasteiger partial charge is 0.315 e. The van der Waals surface area contributed by atoms with Crippen molar-refractivity contribution in [1.29, 1.82) is 0 Å². The Kier molecular flexibility index (Phi) is 5.94. The van der Waals surface area contributed by atoms with E-state index in [0.717, 1.165) is 31.1 Å². The molecule has 0 unspecified atom stereocenters. The number of carbonyl (C=O) groups excluding carboxylic acids is 2. The third-order valence-electron chi connectivity index (χ3n) is 4.75. The predicted molar refractivity (Wildman–Crippen MR) is 102 cm³/mol. The van der Waals surface area contributed by atoms with Gasteiger partial charge in [-0.25, -0.2) is 4.79 Å². The average Bonchev–Trinajstić information content (AvgIpc) is 2.65. The number of anilines is 1. The first-order chi connectivity index (χ1) is 12.6. The van der Waals surface area contributed by atoms with Crippen LogP contribution in [0.5, 0.6) is 5.75 Å². The van der Waals surface area contributed by atoms with Crippen LogP contribution in [0.1, 0.15) is 38.5 Å². The van der Waals surface area contributed by atoms with Crippen LogP contribution in [0.4, 0.5) is 10.5 Å². The Morgan fingerprint density at radius 2 is 1.73 bits per heavy atom. The zero-order valence-electron chi connectivity index (χ0n) is 14.8. The van der Waals surface area contributed by atoms with E-state index in [1.54, 1.807) is 18.2 Å². The van der Waals surface area contributed by atoms with Gasteiger partial charge in [0.1, 0.15) is 5.75 Å². The molecule has 3 amide bonds. The monoisotopic (exact) mass is 355 g/mol. The number of phenolic OH excluding ortho intramolecular Hbond substituents is 1. The Morgan fingerprint density at radius 1 is 1.00 bits per heavy atom. The Labute approximate surface area is 153 Å². The maximum atomic E-state index is 12.2. The van der Waals surface area contributed by atoms with E-state index in [2.05, 4.69) is 16.0 Å². The highest BCUT2D eigenvalue weighted by atomic mass is 16.3. The van der Waals surface area contributed by atoms with Crippen LogP contribution in [-0.4, -0.2) is 29.6 Å². The summed E-state index contributed by atoms with van der Waals surface area (Å²) >= 11 is 0. The van der Waals surface area contributed by atoms with Gasteiger partial charge in [0.25, 0.3) is 0 Å². The molecule has 1 saturated carbocycles. The summed E-state index contributed by atoms with van der Waals surface area (Å²) in [5.41, 5.74) is 0.648. The van der Waals surface area contributed by atoms with E-state index in [0.29, 0.717) is 11.1 Å². The molecule has 0 spiro atoms. The van der Waals surface area contributed by atoms with Gasteiger partial charge in [0.2, 0.25) is 5.91 Å². The standard InChI is InChI=1S/C20H25N3O3/c24-18-11-10-17(15-8-4-5-9-16(15)18)23-19(25)12-13-21-20(26)22-14-6-2-1-3-7-14/h4-5,8-11,14,24H,1-3,6-7,12-13H2,(H,23,25)(H2,21,22,26). The zero-order chi connectivity index (χ0) is 18.4. The van der Waals surface area contributed by atoms with E-state index in [4.69, 9.17) is 0 Å². The van der Waals surface area contributed by atoms with Crippen LogP contribution in [0.2, 0.25) is 0 Å². The summed E-state index contributed by atoms with van der Waals surface area (Å²) in [6.45, 7) is 0.278. The van der Waals surface area contributed by atoms with Gasteiger partial charge in [0, 0.05) is 35.5 Å². The largest absolute Gasteiger partial charge is 0.507 e. The lowest BCUT2D eigenvalue weighted by Crippen LogP contribution is -2.43. The van der Waals surface area contributed by atoms with Crippen molar-refractivity contribution >= 4 is 28.4 Å². The van der Waals surface area contributed by atoms with Crippen LogP contribution in [0.15, 0.2) is 36.4 Å². The summed E-state index contributed by atoms with van der Waals surface area (Å²) in [7, 11) is 0. The van der Waals surface area contributed by atoms with Crippen LogP contribution in [-0.2, 0) is 4.79 Å². The van der Waals surface area contributed by atoms with Gasteiger partial charge in [-0.05, 0) is 25.0 Å². The van der Waals surface area contributed by atoms with Gasteiger partial charge in [0.15, 0.2) is 0 Å². The number of carbonyl (C=O) groups is 2. The van der Waals surface area contributed by atoms with Crippen molar-refractivity contribution in [2.24, 2.45) is 0 Å². The lowest BCUT2D eigenvalue weighted by molar-refractivity contribution is -0.116. The quantitative estimate of drug-likeness (QED) is 0.619. The summed E-state index contributed by atoms with van der Waals surface area (Å²) in [5, 5.41) is 19.9. The fourth-order valence-corrected chi connectivity index (χ4v) is 3.38. The average molecular weight is 355 g/mol. The van der Waals surface area contributed by atoms with E-state index >= 15 is 0 Å². The predicted octanol–water partition coefficient (Wildman–Crippen LogP) is 3.51. The summed E-state index contributed by atoms with van der Waals surface area (Å²) in [6.07, 6.45) is 5.81. The van der Waals surface area contributed by atoms with Crippen LogP contribution in [0.3, 0.4) is 0 Å². The Balaban J connectivity index is 1.47. The molecule has 0 aliphatic heterocycles. The highest BCUT2D eigenvalue weighted by molar-refractivity contribution is 6.04. The number of hydrogen-bond acceptors (Lipinski definition) is 3. The second kappa shape index (κ2) is 8.56. The highest BCUT2D eigenvalue weighted by Gasteiger charge is 2.15. The van der Waals surface area contributed by atoms with Crippen molar-refractivity contribution in [2.45, 2.75) is 44.6 Å². The van der Waals surface area contributed by atoms with Crippen molar-refractivity contribution in [1.82, 2.24) is 10.6 Å². The second-order valence-corrected chi connectivity index (χ2v) is 6.71. The first-order valence-electron chi connectivity index (χ1n) is 9.18. The van der Waals surface area contributed by atoms with Gasteiger partial charge in [-0.1, -0.05) is 43.5 Å². The fraction of sp³-hybridized carbons (Fsp3) is 0.400. The molecule has 4 N–H and O–H groups in total. The molecule has 0 saturated heterocycles. The topological polar surface area (TPSA) is 90.5 Å². The van der Waals surface area contributed by atoms with Gasteiger partial charge < -0.3 is 21.1 Å². The number of fused-ring (bicyclic) bond motifs is 1. The molecule has 26 heavy (non-hydrogen) atoms. The van der Waals surface area contributed by atoms with E-state index in [9.17, 15) is 14.7 Å².